The van der Waals surface area contributed by atoms with Gasteiger partial charge in [-0.1, -0.05) is 42.5 Å². The molecule has 0 unspecified atom stereocenters. The number of esters is 1. The maximum atomic E-state index is 12.4. The molecule has 1 atom stereocenters. The normalized spacial score (nSPS) is 15.9. The maximum absolute atomic E-state index is 12.4. The van der Waals surface area contributed by atoms with E-state index in [0.29, 0.717) is 23.3 Å². The van der Waals surface area contributed by atoms with Crippen molar-refractivity contribution in [2.24, 2.45) is 0 Å². The monoisotopic (exact) mass is 338 g/mol. The first-order valence-electron chi connectivity index (χ1n) is 8.32. The van der Waals surface area contributed by atoms with E-state index in [0.717, 1.165) is 5.56 Å². The largest absolute Gasteiger partial charge is 0.535 e. The summed E-state index contributed by atoms with van der Waals surface area (Å²) in [4.78, 5) is 24.4. The minimum atomic E-state index is -1.14. The Morgan fingerprint density at radius 3 is 2.68 bits per heavy atom. The smallest absolute Gasteiger partial charge is 0.526 e. The van der Waals surface area contributed by atoms with Crippen LogP contribution in [0.1, 0.15) is 39.6 Å². The third-order valence-corrected chi connectivity index (χ3v) is 4.26. The van der Waals surface area contributed by atoms with Gasteiger partial charge in [0.15, 0.2) is 5.78 Å². The predicted molar refractivity (Wildman–Crippen MR) is 93.8 cm³/mol. The number of para-hydroxylation sites is 1. The van der Waals surface area contributed by atoms with E-state index in [1.54, 1.807) is 31.2 Å². The fraction of sp³-hybridized carbons (Fsp3) is 0.263. The molecule has 1 heterocycles. The van der Waals surface area contributed by atoms with E-state index < -0.39 is 13.1 Å². The van der Waals surface area contributed by atoms with Crippen LogP contribution in [0.4, 0.5) is 0 Å². The molecule has 1 aliphatic heterocycles. The zero-order valence-electron chi connectivity index (χ0n) is 14.0. The SMILES string of the molecule is CCOC(=O)c1cccc2c1OB(O)[C@@H](CC(=O)c1ccccc1)C2. The Morgan fingerprint density at radius 1 is 1.20 bits per heavy atom. The highest BCUT2D eigenvalue weighted by Gasteiger charge is 2.38. The average molecular weight is 338 g/mol. The lowest BCUT2D eigenvalue weighted by atomic mass is 9.64. The molecule has 5 nitrogen and oxygen atoms in total. The van der Waals surface area contributed by atoms with Crippen LogP contribution in [0, 0.1) is 0 Å². The van der Waals surface area contributed by atoms with E-state index in [2.05, 4.69) is 0 Å². The van der Waals surface area contributed by atoms with Gasteiger partial charge in [-0.15, -0.1) is 0 Å². The van der Waals surface area contributed by atoms with Crippen LogP contribution in [-0.2, 0) is 11.2 Å². The van der Waals surface area contributed by atoms with Gasteiger partial charge in [-0.3, -0.25) is 4.79 Å². The van der Waals surface area contributed by atoms with Gasteiger partial charge in [-0.05, 0) is 25.0 Å². The van der Waals surface area contributed by atoms with Crippen molar-refractivity contribution in [1.82, 2.24) is 0 Å². The highest BCUT2D eigenvalue weighted by molar-refractivity contribution is 6.47. The third kappa shape index (κ3) is 3.74. The van der Waals surface area contributed by atoms with Crippen LogP contribution in [0.5, 0.6) is 5.75 Å². The van der Waals surface area contributed by atoms with Gasteiger partial charge >= 0.3 is 13.1 Å². The average Bonchev–Trinajstić information content (AvgIpc) is 2.62. The molecule has 25 heavy (non-hydrogen) atoms. The molecule has 0 amide bonds. The minimum absolute atomic E-state index is 0.0433. The highest BCUT2D eigenvalue weighted by Crippen LogP contribution is 2.36. The molecule has 0 aromatic heterocycles. The quantitative estimate of drug-likeness (QED) is 0.516. The second-order valence-corrected chi connectivity index (χ2v) is 5.98. The van der Waals surface area contributed by atoms with Gasteiger partial charge in [0.05, 0.1) is 6.61 Å². The molecule has 0 bridgehead atoms. The fourth-order valence-corrected chi connectivity index (χ4v) is 3.01. The second-order valence-electron chi connectivity index (χ2n) is 5.98. The van der Waals surface area contributed by atoms with E-state index in [1.165, 1.54) is 0 Å². The van der Waals surface area contributed by atoms with Crippen molar-refractivity contribution in [2.75, 3.05) is 6.61 Å². The Balaban J connectivity index is 1.79. The Hall–Kier alpha value is -2.60. The molecule has 2 aromatic carbocycles. The van der Waals surface area contributed by atoms with E-state index in [9.17, 15) is 14.6 Å². The molecule has 0 aliphatic carbocycles. The molecule has 3 rings (SSSR count). The maximum Gasteiger partial charge on any atom is 0.526 e. The number of benzene rings is 2. The van der Waals surface area contributed by atoms with Crippen LogP contribution < -0.4 is 4.65 Å². The third-order valence-electron chi connectivity index (χ3n) is 4.26. The summed E-state index contributed by atoms with van der Waals surface area (Å²) in [5, 5.41) is 10.3. The zero-order chi connectivity index (χ0) is 17.8. The van der Waals surface area contributed by atoms with Gasteiger partial charge in [-0.2, -0.15) is 0 Å². The van der Waals surface area contributed by atoms with E-state index >= 15 is 0 Å². The van der Waals surface area contributed by atoms with Gasteiger partial charge in [0, 0.05) is 17.8 Å². The molecule has 0 saturated carbocycles. The summed E-state index contributed by atoms with van der Waals surface area (Å²) in [7, 11) is -1.14. The number of fused-ring (bicyclic) bond motifs is 1. The summed E-state index contributed by atoms with van der Waals surface area (Å²) < 4.78 is 10.6. The van der Waals surface area contributed by atoms with Gasteiger partial charge in [0.1, 0.15) is 11.3 Å². The Bertz CT molecular complexity index is 775. The van der Waals surface area contributed by atoms with Gasteiger partial charge in [-0.25, -0.2) is 4.79 Å². The first-order valence-corrected chi connectivity index (χ1v) is 8.32. The van der Waals surface area contributed by atoms with Crippen LogP contribution in [0.15, 0.2) is 48.5 Å². The van der Waals surface area contributed by atoms with Crippen molar-refractivity contribution >= 4 is 18.9 Å². The Morgan fingerprint density at radius 2 is 1.96 bits per heavy atom. The minimum Gasteiger partial charge on any atom is -0.535 e. The van der Waals surface area contributed by atoms with Crippen LogP contribution in [0.3, 0.4) is 0 Å². The topological polar surface area (TPSA) is 72.8 Å². The summed E-state index contributed by atoms with van der Waals surface area (Å²) in [6.45, 7) is 1.99. The number of hydrogen-bond acceptors (Lipinski definition) is 5. The molecule has 2 aromatic rings. The Kier molecular flexibility index (Phi) is 5.19. The molecule has 1 N–H and O–H groups in total. The number of carbonyl (C=O) groups is 2. The van der Waals surface area contributed by atoms with Crippen molar-refractivity contribution < 1.29 is 24.0 Å². The molecule has 128 valence electrons. The fourth-order valence-electron chi connectivity index (χ4n) is 3.01. The van der Waals surface area contributed by atoms with E-state index in [1.807, 2.05) is 24.3 Å². The summed E-state index contributed by atoms with van der Waals surface area (Å²) >= 11 is 0. The van der Waals surface area contributed by atoms with Crippen LogP contribution in [0.2, 0.25) is 5.82 Å². The predicted octanol–water partition coefficient (Wildman–Crippen LogP) is 2.92. The lowest BCUT2D eigenvalue weighted by molar-refractivity contribution is 0.0523. The number of carbonyl (C=O) groups excluding carboxylic acids is 2. The van der Waals surface area contributed by atoms with Crippen molar-refractivity contribution in [1.29, 1.82) is 0 Å². The van der Waals surface area contributed by atoms with Crippen molar-refractivity contribution in [3.8, 4) is 5.75 Å². The summed E-state index contributed by atoms with van der Waals surface area (Å²) in [5.74, 6) is -0.543. The van der Waals surface area contributed by atoms with Crippen LogP contribution in [-0.4, -0.2) is 30.5 Å². The first kappa shape index (κ1) is 17.2. The van der Waals surface area contributed by atoms with Gasteiger partial charge in [0.2, 0.25) is 0 Å². The summed E-state index contributed by atoms with van der Waals surface area (Å²) in [5.41, 5.74) is 1.70. The zero-order valence-corrected chi connectivity index (χ0v) is 14.0. The molecule has 0 fully saturated rings. The summed E-state index contributed by atoms with van der Waals surface area (Å²) in [6.07, 6.45) is 0.635. The van der Waals surface area contributed by atoms with E-state index in [4.69, 9.17) is 9.39 Å². The molecular weight excluding hydrogens is 319 g/mol. The molecule has 6 heteroatoms. The molecule has 0 saturated heterocycles. The highest BCUT2D eigenvalue weighted by atomic mass is 16.5. The van der Waals surface area contributed by atoms with Crippen LogP contribution >= 0.6 is 0 Å². The second kappa shape index (κ2) is 7.53. The molecule has 0 radical (unpaired) electrons. The lowest BCUT2D eigenvalue weighted by Crippen LogP contribution is -2.36. The van der Waals surface area contributed by atoms with Gasteiger partial charge in [0.25, 0.3) is 0 Å². The number of ether oxygens (including phenoxy) is 1. The molecular formula is C19H19BO5. The van der Waals surface area contributed by atoms with Crippen molar-refractivity contribution in [2.45, 2.75) is 25.6 Å². The molecule has 1 aliphatic rings. The van der Waals surface area contributed by atoms with Crippen LogP contribution in [0.25, 0.3) is 0 Å². The number of Topliss-reactive ketones (excluding diaryl/α,β-unsaturated/α-hetero) is 1. The Labute approximate surface area is 146 Å². The molecule has 0 spiro atoms. The first-order chi connectivity index (χ1) is 12.1. The lowest BCUT2D eigenvalue weighted by Gasteiger charge is -2.28. The summed E-state index contributed by atoms with van der Waals surface area (Å²) in [6, 6.07) is 14.2. The van der Waals surface area contributed by atoms with Crippen molar-refractivity contribution in [3.05, 3.63) is 65.2 Å². The number of ketones is 1. The van der Waals surface area contributed by atoms with Crippen molar-refractivity contribution in [3.63, 3.8) is 0 Å². The standard InChI is InChI=1S/C19H19BO5/c1-2-24-19(22)16-10-6-9-14-11-15(20(23)25-18(14)16)12-17(21)13-7-4-3-5-8-13/h3-10,15,23H,2,11-12H2,1H3/t15-/m1/s1. The van der Waals surface area contributed by atoms with Gasteiger partial charge < -0.3 is 14.4 Å². The van der Waals surface area contributed by atoms with E-state index in [-0.39, 0.29) is 24.6 Å². The number of hydrogen-bond donors (Lipinski definition) is 1. The number of rotatable bonds is 5.